The maximum Gasteiger partial charge on any atom is 0.265 e. The number of anilines is 1. The van der Waals surface area contributed by atoms with Gasteiger partial charge >= 0.3 is 0 Å². The van der Waals surface area contributed by atoms with E-state index in [-0.39, 0.29) is 5.91 Å². The van der Waals surface area contributed by atoms with Crippen LogP contribution in [0.5, 0.6) is 5.75 Å². The molecule has 116 valence electrons. The van der Waals surface area contributed by atoms with E-state index in [1.54, 1.807) is 6.92 Å². The van der Waals surface area contributed by atoms with Gasteiger partial charge in [0, 0.05) is 9.26 Å². The molecule has 0 radical (unpaired) electrons. The Morgan fingerprint density at radius 3 is 2.32 bits per heavy atom. The van der Waals surface area contributed by atoms with Crippen molar-refractivity contribution >= 4 is 34.2 Å². The fraction of sp³-hybridized carbons (Fsp3) is 0.278. The summed E-state index contributed by atoms with van der Waals surface area (Å²) in [6.07, 6.45) is -0.556. The summed E-state index contributed by atoms with van der Waals surface area (Å²) in [5.41, 5.74) is 4.10. The predicted molar refractivity (Wildman–Crippen MR) is 98.5 cm³/mol. The molecule has 0 aliphatic carbocycles. The van der Waals surface area contributed by atoms with E-state index >= 15 is 0 Å². The van der Waals surface area contributed by atoms with Crippen molar-refractivity contribution in [3.05, 3.63) is 56.7 Å². The number of carbonyl (C=O) groups excluding carboxylic acids is 1. The van der Waals surface area contributed by atoms with Crippen molar-refractivity contribution < 1.29 is 9.53 Å². The molecule has 0 fully saturated rings. The van der Waals surface area contributed by atoms with Crippen molar-refractivity contribution in [2.24, 2.45) is 0 Å². The van der Waals surface area contributed by atoms with E-state index in [9.17, 15) is 4.79 Å². The number of ether oxygens (including phenoxy) is 1. The first-order valence-electron chi connectivity index (χ1n) is 7.17. The first kappa shape index (κ1) is 16.8. The maximum absolute atomic E-state index is 12.3. The van der Waals surface area contributed by atoms with Gasteiger partial charge in [-0.05, 0) is 97.3 Å². The summed E-state index contributed by atoms with van der Waals surface area (Å²) < 4.78 is 6.91. The van der Waals surface area contributed by atoms with Gasteiger partial charge in [-0.25, -0.2) is 0 Å². The quantitative estimate of drug-likeness (QED) is 0.749. The summed E-state index contributed by atoms with van der Waals surface area (Å²) in [6.45, 7) is 7.77. The van der Waals surface area contributed by atoms with Crippen molar-refractivity contribution in [3.8, 4) is 5.75 Å². The van der Waals surface area contributed by atoms with Crippen molar-refractivity contribution in [2.75, 3.05) is 5.32 Å². The number of hydrogen-bond donors (Lipinski definition) is 1. The minimum absolute atomic E-state index is 0.150. The summed E-state index contributed by atoms with van der Waals surface area (Å²) in [6, 6.07) is 11.9. The monoisotopic (exact) mass is 409 g/mol. The highest BCUT2D eigenvalue weighted by molar-refractivity contribution is 14.1. The van der Waals surface area contributed by atoms with Gasteiger partial charge in [-0.15, -0.1) is 0 Å². The standard InChI is InChI=1S/C18H20INO2/c1-11-7-12(2)9-16(8-11)22-14(4)18(21)20-17-6-5-15(19)10-13(17)3/h5-10,14H,1-4H3,(H,20,21). The number of halogens is 1. The largest absolute Gasteiger partial charge is 0.481 e. The van der Waals surface area contributed by atoms with Crippen LogP contribution >= 0.6 is 22.6 Å². The van der Waals surface area contributed by atoms with E-state index in [4.69, 9.17) is 4.74 Å². The maximum atomic E-state index is 12.3. The fourth-order valence-corrected chi connectivity index (χ4v) is 2.91. The lowest BCUT2D eigenvalue weighted by Crippen LogP contribution is -2.30. The molecule has 0 saturated carbocycles. The van der Waals surface area contributed by atoms with Crippen LogP contribution in [-0.2, 0) is 4.79 Å². The summed E-state index contributed by atoms with van der Waals surface area (Å²) in [5.74, 6) is 0.572. The van der Waals surface area contributed by atoms with Gasteiger partial charge < -0.3 is 10.1 Å². The molecule has 2 rings (SSSR count). The van der Waals surface area contributed by atoms with Gasteiger partial charge in [0.05, 0.1) is 0 Å². The highest BCUT2D eigenvalue weighted by Crippen LogP contribution is 2.20. The molecule has 0 aromatic heterocycles. The van der Waals surface area contributed by atoms with E-state index in [1.165, 1.54) is 0 Å². The molecule has 2 aromatic rings. The average Bonchev–Trinajstić information content (AvgIpc) is 2.40. The number of nitrogens with one attached hydrogen (secondary N) is 1. The van der Waals surface area contributed by atoms with Gasteiger partial charge in [-0.2, -0.15) is 0 Å². The zero-order valence-corrected chi connectivity index (χ0v) is 15.4. The molecule has 22 heavy (non-hydrogen) atoms. The summed E-state index contributed by atoms with van der Waals surface area (Å²) in [7, 11) is 0. The minimum Gasteiger partial charge on any atom is -0.481 e. The number of aryl methyl sites for hydroxylation is 3. The average molecular weight is 409 g/mol. The van der Waals surface area contributed by atoms with Gasteiger partial charge in [-0.3, -0.25) is 4.79 Å². The molecule has 4 heteroatoms. The van der Waals surface area contributed by atoms with E-state index in [2.05, 4.69) is 34.0 Å². The normalized spacial score (nSPS) is 11.9. The van der Waals surface area contributed by atoms with Gasteiger partial charge in [0.25, 0.3) is 5.91 Å². The second kappa shape index (κ2) is 7.13. The summed E-state index contributed by atoms with van der Waals surface area (Å²) in [4.78, 5) is 12.3. The Kier molecular flexibility index (Phi) is 5.45. The zero-order valence-electron chi connectivity index (χ0n) is 13.2. The Morgan fingerprint density at radius 1 is 1.09 bits per heavy atom. The fourth-order valence-electron chi connectivity index (χ4n) is 2.26. The molecule has 0 aliphatic rings. The lowest BCUT2D eigenvalue weighted by atomic mass is 10.1. The summed E-state index contributed by atoms with van der Waals surface area (Å²) >= 11 is 2.25. The second-order valence-electron chi connectivity index (χ2n) is 5.53. The van der Waals surface area contributed by atoms with Crippen LogP contribution in [0, 0.1) is 24.3 Å². The lowest BCUT2D eigenvalue weighted by molar-refractivity contribution is -0.122. The van der Waals surface area contributed by atoms with Crippen molar-refractivity contribution in [1.82, 2.24) is 0 Å². The lowest BCUT2D eigenvalue weighted by Gasteiger charge is -2.16. The zero-order chi connectivity index (χ0) is 16.3. The van der Waals surface area contributed by atoms with Gasteiger partial charge in [-0.1, -0.05) is 6.07 Å². The molecule has 0 saturated heterocycles. The molecule has 1 unspecified atom stereocenters. The van der Waals surface area contributed by atoms with Crippen LogP contribution < -0.4 is 10.1 Å². The minimum atomic E-state index is -0.556. The van der Waals surface area contributed by atoms with Crippen LogP contribution in [-0.4, -0.2) is 12.0 Å². The number of rotatable bonds is 4. The third-order valence-electron chi connectivity index (χ3n) is 3.32. The smallest absolute Gasteiger partial charge is 0.265 e. The van der Waals surface area contributed by atoms with Crippen LogP contribution in [0.3, 0.4) is 0 Å². The highest BCUT2D eigenvalue weighted by atomic mass is 127. The molecule has 1 amide bonds. The molecule has 1 N–H and O–H groups in total. The third-order valence-corrected chi connectivity index (χ3v) is 3.99. The molecule has 0 bridgehead atoms. The first-order valence-corrected chi connectivity index (χ1v) is 8.25. The van der Waals surface area contributed by atoms with Gasteiger partial charge in [0.15, 0.2) is 6.10 Å². The van der Waals surface area contributed by atoms with Crippen molar-refractivity contribution in [3.63, 3.8) is 0 Å². The van der Waals surface area contributed by atoms with Gasteiger partial charge in [0.1, 0.15) is 5.75 Å². The Morgan fingerprint density at radius 2 is 1.73 bits per heavy atom. The molecular formula is C18H20INO2. The SMILES string of the molecule is Cc1cc(C)cc(OC(C)C(=O)Nc2ccc(I)cc2C)c1. The Balaban J connectivity index is 2.05. The molecular weight excluding hydrogens is 389 g/mol. The first-order chi connectivity index (χ1) is 10.3. The highest BCUT2D eigenvalue weighted by Gasteiger charge is 2.16. The van der Waals surface area contributed by atoms with E-state index < -0.39 is 6.10 Å². The van der Waals surface area contributed by atoms with Crippen LogP contribution in [0.15, 0.2) is 36.4 Å². The Hall–Kier alpha value is -1.56. The molecule has 1 atom stereocenters. The van der Waals surface area contributed by atoms with Crippen LogP contribution in [0.4, 0.5) is 5.69 Å². The molecule has 0 heterocycles. The molecule has 0 spiro atoms. The molecule has 2 aromatic carbocycles. The van der Waals surface area contributed by atoms with Crippen molar-refractivity contribution in [1.29, 1.82) is 0 Å². The Labute approximate surface area is 145 Å². The number of carbonyl (C=O) groups is 1. The van der Waals surface area contributed by atoms with E-state index in [1.807, 2.05) is 51.1 Å². The van der Waals surface area contributed by atoms with E-state index in [0.29, 0.717) is 0 Å². The number of amides is 1. The number of benzene rings is 2. The molecule has 0 aliphatic heterocycles. The van der Waals surface area contributed by atoms with Crippen LogP contribution in [0.1, 0.15) is 23.6 Å². The Bertz CT molecular complexity index is 677. The topological polar surface area (TPSA) is 38.3 Å². The third kappa shape index (κ3) is 4.47. The number of hydrogen-bond acceptors (Lipinski definition) is 2. The predicted octanol–water partition coefficient (Wildman–Crippen LogP) is 4.62. The van der Waals surface area contributed by atoms with Crippen molar-refractivity contribution in [2.45, 2.75) is 33.8 Å². The van der Waals surface area contributed by atoms with Gasteiger partial charge in [0.2, 0.25) is 0 Å². The molecule has 3 nitrogen and oxygen atoms in total. The van der Waals surface area contributed by atoms with Crippen LogP contribution in [0.2, 0.25) is 0 Å². The van der Waals surface area contributed by atoms with Crippen LogP contribution in [0.25, 0.3) is 0 Å². The van der Waals surface area contributed by atoms with E-state index in [0.717, 1.165) is 31.7 Å². The summed E-state index contributed by atoms with van der Waals surface area (Å²) in [5, 5.41) is 2.92. The second-order valence-corrected chi connectivity index (χ2v) is 6.78.